The lowest BCUT2D eigenvalue weighted by atomic mass is 10.0. The number of hydrogen-bond acceptors (Lipinski definition) is 3. The lowest BCUT2D eigenvalue weighted by molar-refractivity contribution is 0.0172. The Balaban J connectivity index is 2.81. The Kier molecular flexibility index (Phi) is 4.50. The van der Waals surface area contributed by atoms with Crippen LogP contribution >= 0.6 is 15.9 Å². The highest BCUT2D eigenvalue weighted by Gasteiger charge is 2.18. The smallest absolute Gasteiger partial charge is 0.164 e. The van der Waals surface area contributed by atoms with Crippen molar-refractivity contribution in [1.29, 1.82) is 0 Å². The van der Waals surface area contributed by atoms with Gasteiger partial charge in [0.2, 0.25) is 0 Å². The number of benzene rings is 1. The molecule has 0 fully saturated rings. The van der Waals surface area contributed by atoms with Gasteiger partial charge in [-0.3, -0.25) is 0 Å². The summed E-state index contributed by atoms with van der Waals surface area (Å²) in [6.07, 6.45) is -1.68. The summed E-state index contributed by atoms with van der Waals surface area (Å²) in [5.41, 5.74) is 0.294. The molecule has 15 heavy (non-hydrogen) atoms. The van der Waals surface area contributed by atoms with Crippen molar-refractivity contribution in [3.05, 3.63) is 29.6 Å². The zero-order valence-electron chi connectivity index (χ0n) is 7.90. The average molecular weight is 279 g/mol. The third-order valence-corrected chi connectivity index (χ3v) is 2.54. The van der Waals surface area contributed by atoms with E-state index in [0.29, 0.717) is 17.3 Å². The monoisotopic (exact) mass is 278 g/mol. The SMILES string of the molecule is Oc1cc(C(O)C(O)CCBr)ccc1F. The molecule has 5 heteroatoms. The Labute approximate surface area is 95.3 Å². The van der Waals surface area contributed by atoms with E-state index in [9.17, 15) is 14.6 Å². The van der Waals surface area contributed by atoms with Crippen LogP contribution in [0.5, 0.6) is 5.75 Å². The van der Waals surface area contributed by atoms with Crippen LogP contribution in [0.15, 0.2) is 18.2 Å². The molecule has 0 aromatic heterocycles. The van der Waals surface area contributed by atoms with Crippen molar-refractivity contribution in [3.63, 3.8) is 0 Å². The van der Waals surface area contributed by atoms with Crippen LogP contribution in [0.1, 0.15) is 18.1 Å². The predicted octanol–water partition coefficient (Wildman–Crippen LogP) is 1.71. The molecule has 0 spiro atoms. The van der Waals surface area contributed by atoms with Crippen molar-refractivity contribution in [1.82, 2.24) is 0 Å². The summed E-state index contributed by atoms with van der Waals surface area (Å²) in [6.45, 7) is 0. The van der Waals surface area contributed by atoms with Crippen LogP contribution in [0.2, 0.25) is 0 Å². The van der Waals surface area contributed by atoms with Crippen molar-refractivity contribution in [2.45, 2.75) is 18.6 Å². The third kappa shape index (κ3) is 3.15. The summed E-state index contributed by atoms with van der Waals surface area (Å²) in [6, 6.07) is 3.49. The van der Waals surface area contributed by atoms with E-state index in [1.54, 1.807) is 0 Å². The van der Waals surface area contributed by atoms with Gasteiger partial charge in [-0.25, -0.2) is 4.39 Å². The number of aromatic hydroxyl groups is 1. The molecule has 0 heterocycles. The molecule has 0 saturated heterocycles. The number of alkyl halides is 1. The summed E-state index contributed by atoms with van der Waals surface area (Å²) < 4.78 is 12.7. The number of aliphatic hydroxyl groups is 2. The van der Waals surface area contributed by atoms with Gasteiger partial charge in [-0.05, 0) is 24.1 Å². The van der Waals surface area contributed by atoms with E-state index in [0.717, 1.165) is 12.1 Å². The van der Waals surface area contributed by atoms with E-state index in [-0.39, 0.29) is 0 Å². The average Bonchev–Trinajstić information content (AvgIpc) is 2.21. The predicted molar refractivity (Wildman–Crippen MR) is 57.4 cm³/mol. The minimum Gasteiger partial charge on any atom is -0.505 e. The molecule has 84 valence electrons. The molecule has 3 nitrogen and oxygen atoms in total. The van der Waals surface area contributed by atoms with Gasteiger partial charge in [0.05, 0.1) is 6.10 Å². The van der Waals surface area contributed by atoms with Crippen LogP contribution in [0, 0.1) is 5.82 Å². The molecule has 0 aliphatic heterocycles. The minimum absolute atomic E-state index is 0.294. The fraction of sp³-hybridized carbons (Fsp3) is 0.400. The lowest BCUT2D eigenvalue weighted by Gasteiger charge is -2.17. The van der Waals surface area contributed by atoms with E-state index in [4.69, 9.17) is 5.11 Å². The molecule has 0 amide bonds. The molecule has 1 aromatic carbocycles. The number of aliphatic hydroxyl groups excluding tert-OH is 2. The first kappa shape index (κ1) is 12.4. The lowest BCUT2D eigenvalue weighted by Crippen LogP contribution is -2.18. The number of hydrogen-bond donors (Lipinski definition) is 3. The fourth-order valence-corrected chi connectivity index (χ4v) is 1.67. The molecular weight excluding hydrogens is 267 g/mol. The van der Waals surface area contributed by atoms with Crippen LogP contribution in [0.4, 0.5) is 4.39 Å². The zero-order valence-corrected chi connectivity index (χ0v) is 9.48. The number of phenols is 1. The van der Waals surface area contributed by atoms with E-state index >= 15 is 0 Å². The van der Waals surface area contributed by atoms with Crippen molar-refractivity contribution < 1.29 is 19.7 Å². The van der Waals surface area contributed by atoms with E-state index < -0.39 is 23.8 Å². The quantitative estimate of drug-likeness (QED) is 0.735. The molecular formula is C10H12BrFO3. The summed E-state index contributed by atoms with van der Waals surface area (Å²) in [7, 11) is 0. The van der Waals surface area contributed by atoms with Gasteiger partial charge in [-0.15, -0.1) is 0 Å². The first-order valence-corrected chi connectivity index (χ1v) is 5.59. The molecule has 0 bridgehead atoms. The second-order valence-corrected chi connectivity index (χ2v) is 3.99. The molecule has 2 atom stereocenters. The first-order valence-electron chi connectivity index (χ1n) is 4.46. The maximum atomic E-state index is 12.7. The highest BCUT2D eigenvalue weighted by atomic mass is 79.9. The summed E-state index contributed by atoms with van der Waals surface area (Å²) in [4.78, 5) is 0. The normalized spacial score (nSPS) is 14.9. The Morgan fingerprint density at radius 1 is 1.33 bits per heavy atom. The van der Waals surface area contributed by atoms with Gasteiger partial charge >= 0.3 is 0 Å². The summed E-state index contributed by atoms with van der Waals surface area (Å²) in [5, 5.41) is 28.7. The van der Waals surface area contributed by atoms with E-state index in [1.807, 2.05) is 0 Å². The number of phenolic OH excluding ortho intramolecular Hbond substituents is 1. The molecule has 2 unspecified atom stereocenters. The highest BCUT2D eigenvalue weighted by Crippen LogP contribution is 2.24. The van der Waals surface area contributed by atoms with Crippen LogP contribution in [-0.4, -0.2) is 26.8 Å². The minimum atomic E-state index is -1.12. The van der Waals surface area contributed by atoms with Gasteiger partial charge in [-0.2, -0.15) is 0 Å². The maximum Gasteiger partial charge on any atom is 0.164 e. The Morgan fingerprint density at radius 2 is 2.00 bits per heavy atom. The first-order chi connectivity index (χ1) is 7.06. The molecule has 0 radical (unpaired) electrons. The molecule has 1 aromatic rings. The number of rotatable bonds is 4. The second-order valence-electron chi connectivity index (χ2n) is 3.20. The van der Waals surface area contributed by atoms with Crippen molar-refractivity contribution in [2.24, 2.45) is 0 Å². The largest absolute Gasteiger partial charge is 0.505 e. The van der Waals surface area contributed by atoms with Crippen LogP contribution in [-0.2, 0) is 0 Å². The molecule has 3 N–H and O–H groups in total. The fourth-order valence-electron chi connectivity index (χ4n) is 1.21. The van der Waals surface area contributed by atoms with Gasteiger partial charge in [0.25, 0.3) is 0 Å². The third-order valence-electron chi connectivity index (χ3n) is 2.08. The van der Waals surface area contributed by atoms with Gasteiger partial charge in [-0.1, -0.05) is 22.0 Å². The van der Waals surface area contributed by atoms with Crippen LogP contribution < -0.4 is 0 Å². The van der Waals surface area contributed by atoms with Crippen LogP contribution in [0.3, 0.4) is 0 Å². The van der Waals surface area contributed by atoms with Gasteiger partial charge in [0.15, 0.2) is 11.6 Å². The summed E-state index contributed by atoms with van der Waals surface area (Å²) >= 11 is 3.14. The summed E-state index contributed by atoms with van der Waals surface area (Å²) in [5.74, 6) is -1.28. The Morgan fingerprint density at radius 3 is 2.53 bits per heavy atom. The Hall–Kier alpha value is -0.650. The molecule has 0 aliphatic rings. The number of halogens is 2. The van der Waals surface area contributed by atoms with Crippen LogP contribution in [0.25, 0.3) is 0 Å². The topological polar surface area (TPSA) is 60.7 Å². The van der Waals surface area contributed by atoms with E-state index in [2.05, 4.69) is 15.9 Å². The van der Waals surface area contributed by atoms with Gasteiger partial charge < -0.3 is 15.3 Å². The molecule has 1 rings (SSSR count). The molecule has 0 aliphatic carbocycles. The van der Waals surface area contributed by atoms with Crippen molar-refractivity contribution in [3.8, 4) is 5.75 Å². The van der Waals surface area contributed by atoms with E-state index in [1.165, 1.54) is 6.07 Å². The standard InChI is InChI=1S/C10H12BrFO3/c11-4-3-8(13)10(15)6-1-2-7(12)9(14)5-6/h1-2,5,8,10,13-15H,3-4H2. The Bertz CT molecular complexity index is 332. The van der Waals surface area contributed by atoms with Gasteiger partial charge in [0, 0.05) is 5.33 Å². The second kappa shape index (κ2) is 5.44. The maximum absolute atomic E-state index is 12.7. The van der Waals surface area contributed by atoms with Gasteiger partial charge in [0.1, 0.15) is 6.10 Å². The zero-order chi connectivity index (χ0) is 11.4. The highest BCUT2D eigenvalue weighted by molar-refractivity contribution is 9.09. The van der Waals surface area contributed by atoms with Crippen molar-refractivity contribution in [2.75, 3.05) is 5.33 Å². The van der Waals surface area contributed by atoms with Crippen molar-refractivity contribution >= 4 is 15.9 Å². The molecule has 0 saturated carbocycles.